The third kappa shape index (κ3) is 5.33. The summed E-state index contributed by atoms with van der Waals surface area (Å²) in [6, 6.07) is 10.5. The lowest BCUT2D eigenvalue weighted by Crippen LogP contribution is -2.44. The van der Waals surface area contributed by atoms with Gasteiger partial charge in [-0.15, -0.1) is 11.8 Å². The van der Waals surface area contributed by atoms with E-state index in [0.29, 0.717) is 5.92 Å². The molecule has 1 saturated carbocycles. The molecule has 1 aromatic carbocycles. The molecular weight excluding hydrogens is 294 g/mol. The van der Waals surface area contributed by atoms with Crippen LogP contribution in [-0.2, 0) is 10.5 Å². The number of nitrogens with one attached hydrogen (secondary N) is 1. The number of thioether (sulfide) groups is 1. The van der Waals surface area contributed by atoms with Crippen molar-refractivity contribution in [1.82, 2.24) is 5.32 Å². The van der Waals surface area contributed by atoms with Crippen LogP contribution in [0, 0.1) is 5.92 Å². The third-order valence-electron chi connectivity index (χ3n) is 4.18. The van der Waals surface area contributed by atoms with Gasteiger partial charge in [-0.1, -0.05) is 44.2 Å². The van der Waals surface area contributed by atoms with Gasteiger partial charge in [0.05, 0.1) is 11.4 Å². The highest BCUT2D eigenvalue weighted by Crippen LogP contribution is 2.25. The van der Waals surface area contributed by atoms with Crippen molar-refractivity contribution >= 4 is 17.7 Å². The average Bonchev–Trinajstić information content (AvgIpc) is 2.50. The molecule has 122 valence electrons. The summed E-state index contributed by atoms with van der Waals surface area (Å²) in [5.41, 5.74) is 1.26. The van der Waals surface area contributed by atoms with Crippen molar-refractivity contribution in [3.63, 3.8) is 0 Å². The Balaban J connectivity index is 1.85. The molecule has 2 rings (SSSR count). The van der Waals surface area contributed by atoms with E-state index in [1.54, 1.807) is 11.8 Å². The van der Waals surface area contributed by atoms with Gasteiger partial charge in [0, 0.05) is 11.8 Å². The summed E-state index contributed by atoms with van der Waals surface area (Å²) < 4.78 is 0. The Labute approximate surface area is 137 Å². The molecule has 0 bridgehead atoms. The van der Waals surface area contributed by atoms with Crippen LogP contribution in [-0.4, -0.2) is 28.4 Å². The molecule has 1 aromatic rings. The normalized spacial score (nSPS) is 23.3. The minimum atomic E-state index is -0.179. The van der Waals surface area contributed by atoms with Gasteiger partial charge in [-0.25, -0.2) is 0 Å². The highest BCUT2D eigenvalue weighted by molar-refractivity contribution is 7.99. The molecule has 1 fully saturated rings. The molecule has 1 amide bonds. The highest BCUT2D eigenvalue weighted by Gasteiger charge is 2.27. The van der Waals surface area contributed by atoms with E-state index in [1.165, 1.54) is 5.56 Å². The van der Waals surface area contributed by atoms with Crippen molar-refractivity contribution in [2.24, 2.45) is 5.92 Å². The summed E-state index contributed by atoms with van der Waals surface area (Å²) in [6.45, 7) is 4.21. The van der Waals surface area contributed by atoms with Crippen molar-refractivity contribution in [3.05, 3.63) is 35.9 Å². The van der Waals surface area contributed by atoms with Crippen LogP contribution in [0.25, 0.3) is 0 Å². The van der Waals surface area contributed by atoms with E-state index in [9.17, 15) is 9.90 Å². The topological polar surface area (TPSA) is 49.3 Å². The lowest BCUT2D eigenvalue weighted by molar-refractivity contribution is -0.122. The van der Waals surface area contributed by atoms with Crippen molar-refractivity contribution in [2.75, 3.05) is 0 Å². The fourth-order valence-corrected chi connectivity index (χ4v) is 4.00. The first-order chi connectivity index (χ1) is 10.6. The van der Waals surface area contributed by atoms with Gasteiger partial charge in [-0.2, -0.15) is 0 Å². The summed E-state index contributed by atoms with van der Waals surface area (Å²) in [4.78, 5) is 12.6. The molecule has 4 heteroatoms. The van der Waals surface area contributed by atoms with Gasteiger partial charge < -0.3 is 10.4 Å². The summed E-state index contributed by atoms with van der Waals surface area (Å²) in [7, 11) is 0. The molecule has 1 atom stereocenters. The van der Waals surface area contributed by atoms with Gasteiger partial charge in [-0.05, 0) is 37.2 Å². The minimum Gasteiger partial charge on any atom is -0.393 e. The van der Waals surface area contributed by atoms with Gasteiger partial charge >= 0.3 is 0 Å². The molecule has 1 unspecified atom stereocenters. The van der Waals surface area contributed by atoms with Crippen LogP contribution in [0.2, 0.25) is 0 Å². The number of amides is 1. The van der Waals surface area contributed by atoms with Gasteiger partial charge in [0.25, 0.3) is 0 Å². The Hall–Kier alpha value is -1.00. The fraction of sp³-hybridized carbons (Fsp3) is 0.611. The first-order valence-electron chi connectivity index (χ1n) is 8.20. The molecule has 1 aliphatic carbocycles. The summed E-state index contributed by atoms with van der Waals surface area (Å²) >= 11 is 1.72. The van der Waals surface area contributed by atoms with Crippen molar-refractivity contribution in [3.8, 4) is 0 Å². The zero-order valence-electron chi connectivity index (χ0n) is 13.5. The van der Waals surface area contributed by atoms with Crippen molar-refractivity contribution in [2.45, 2.75) is 62.7 Å². The molecule has 0 heterocycles. The van der Waals surface area contributed by atoms with Gasteiger partial charge in [-0.3, -0.25) is 4.79 Å². The summed E-state index contributed by atoms with van der Waals surface area (Å²) in [6.07, 6.45) is 3.20. The van der Waals surface area contributed by atoms with E-state index >= 15 is 0 Å². The third-order valence-corrected chi connectivity index (χ3v) is 5.80. The fourth-order valence-electron chi connectivity index (χ4n) is 2.83. The number of hydrogen-bond acceptors (Lipinski definition) is 3. The summed E-state index contributed by atoms with van der Waals surface area (Å²) in [5, 5.41) is 12.7. The molecule has 0 aliphatic heterocycles. The van der Waals surface area contributed by atoms with Crippen LogP contribution < -0.4 is 5.32 Å². The monoisotopic (exact) mass is 321 g/mol. The zero-order chi connectivity index (χ0) is 15.9. The van der Waals surface area contributed by atoms with Gasteiger partial charge in [0.1, 0.15) is 0 Å². The quantitative estimate of drug-likeness (QED) is 0.844. The maximum atomic E-state index is 12.6. The standard InChI is InChI=1S/C18H27NO2S/c1-13(2)17(22-12-14-6-4-3-5-7-14)18(21)19-15-8-10-16(20)11-9-15/h3-7,13,15-17,20H,8-12H2,1-2H3,(H,19,21). The Morgan fingerprint density at radius 1 is 1.23 bits per heavy atom. The first kappa shape index (κ1) is 17.4. The van der Waals surface area contributed by atoms with E-state index in [0.717, 1.165) is 31.4 Å². The second-order valence-corrected chi connectivity index (χ2v) is 7.61. The maximum Gasteiger partial charge on any atom is 0.233 e. The van der Waals surface area contributed by atoms with E-state index in [-0.39, 0.29) is 23.3 Å². The largest absolute Gasteiger partial charge is 0.393 e. The number of hydrogen-bond donors (Lipinski definition) is 2. The number of rotatable bonds is 6. The molecule has 0 spiro atoms. The SMILES string of the molecule is CC(C)C(SCc1ccccc1)C(=O)NC1CCC(O)CC1. The first-order valence-corrected chi connectivity index (χ1v) is 9.25. The number of aliphatic hydroxyl groups excluding tert-OH is 1. The Bertz CT molecular complexity index is 455. The number of benzene rings is 1. The number of carbonyl (C=O) groups is 1. The smallest absolute Gasteiger partial charge is 0.233 e. The average molecular weight is 321 g/mol. The lowest BCUT2D eigenvalue weighted by Gasteiger charge is -2.28. The van der Waals surface area contributed by atoms with Crippen molar-refractivity contribution in [1.29, 1.82) is 0 Å². The van der Waals surface area contributed by atoms with Crippen LogP contribution in [0.1, 0.15) is 45.1 Å². The van der Waals surface area contributed by atoms with Crippen LogP contribution >= 0.6 is 11.8 Å². The second kappa shape index (κ2) is 8.59. The molecule has 0 radical (unpaired) electrons. The zero-order valence-corrected chi connectivity index (χ0v) is 14.3. The Morgan fingerprint density at radius 3 is 2.45 bits per heavy atom. The maximum absolute atomic E-state index is 12.6. The Kier molecular flexibility index (Phi) is 6.77. The second-order valence-electron chi connectivity index (χ2n) is 6.48. The lowest BCUT2D eigenvalue weighted by atomic mass is 9.93. The molecule has 1 aliphatic rings. The predicted molar refractivity (Wildman–Crippen MR) is 92.8 cm³/mol. The van der Waals surface area contributed by atoms with Crippen LogP contribution in [0.3, 0.4) is 0 Å². The van der Waals surface area contributed by atoms with Gasteiger partial charge in [0.2, 0.25) is 5.91 Å². The van der Waals surface area contributed by atoms with E-state index in [2.05, 4.69) is 31.3 Å². The molecule has 3 nitrogen and oxygen atoms in total. The molecule has 0 saturated heterocycles. The Morgan fingerprint density at radius 2 is 1.86 bits per heavy atom. The number of carbonyl (C=O) groups excluding carboxylic acids is 1. The number of aliphatic hydroxyl groups is 1. The van der Waals surface area contributed by atoms with Crippen molar-refractivity contribution < 1.29 is 9.90 Å². The van der Waals surface area contributed by atoms with Crippen LogP contribution in [0.5, 0.6) is 0 Å². The van der Waals surface area contributed by atoms with Gasteiger partial charge in [0.15, 0.2) is 0 Å². The summed E-state index contributed by atoms with van der Waals surface area (Å²) in [5.74, 6) is 1.32. The van der Waals surface area contributed by atoms with E-state index < -0.39 is 0 Å². The highest BCUT2D eigenvalue weighted by atomic mass is 32.2. The molecular formula is C18H27NO2S. The predicted octanol–water partition coefficient (Wildman–Crippen LogP) is 3.36. The van der Waals surface area contributed by atoms with E-state index in [4.69, 9.17) is 0 Å². The van der Waals surface area contributed by atoms with E-state index in [1.807, 2.05) is 18.2 Å². The van der Waals surface area contributed by atoms with Crippen LogP contribution in [0.15, 0.2) is 30.3 Å². The molecule has 2 N–H and O–H groups in total. The minimum absolute atomic E-state index is 0.0212. The van der Waals surface area contributed by atoms with Crippen LogP contribution in [0.4, 0.5) is 0 Å². The molecule has 0 aromatic heterocycles. The molecule has 22 heavy (non-hydrogen) atoms.